The molecular formula is C15H13BrClF. The quantitative estimate of drug-likeness (QED) is 0.651. The molecule has 0 saturated carbocycles. The summed E-state index contributed by atoms with van der Waals surface area (Å²) in [5, 5.41) is 0.441. The molecule has 0 aliphatic carbocycles. The lowest BCUT2D eigenvalue weighted by Crippen LogP contribution is -1.98. The van der Waals surface area contributed by atoms with Gasteiger partial charge in [-0.15, -0.1) is 0 Å². The zero-order chi connectivity index (χ0) is 13.1. The van der Waals surface area contributed by atoms with Gasteiger partial charge in [-0.1, -0.05) is 64.8 Å². The minimum atomic E-state index is -0.288. The van der Waals surface area contributed by atoms with E-state index in [9.17, 15) is 4.39 Å². The molecule has 2 aromatic rings. The fraction of sp³-hybridized carbons (Fsp3) is 0.200. The van der Waals surface area contributed by atoms with Gasteiger partial charge in [0.25, 0.3) is 0 Å². The van der Waals surface area contributed by atoms with Gasteiger partial charge in [-0.2, -0.15) is 0 Å². The number of hydrogen-bond donors (Lipinski definition) is 0. The van der Waals surface area contributed by atoms with Crippen molar-refractivity contribution in [1.82, 2.24) is 0 Å². The van der Waals surface area contributed by atoms with Crippen molar-refractivity contribution in [3.63, 3.8) is 0 Å². The molecule has 94 valence electrons. The summed E-state index contributed by atoms with van der Waals surface area (Å²) in [4.78, 5) is -0.225. The highest BCUT2D eigenvalue weighted by molar-refractivity contribution is 9.09. The van der Waals surface area contributed by atoms with Gasteiger partial charge in [0, 0.05) is 10.6 Å². The normalized spacial score (nSPS) is 12.4. The van der Waals surface area contributed by atoms with Gasteiger partial charge in [-0.25, -0.2) is 4.39 Å². The fourth-order valence-electron chi connectivity index (χ4n) is 1.84. The van der Waals surface area contributed by atoms with Gasteiger partial charge in [0.2, 0.25) is 0 Å². The van der Waals surface area contributed by atoms with Crippen molar-refractivity contribution in [2.24, 2.45) is 0 Å². The molecule has 0 heterocycles. The first-order valence-electron chi connectivity index (χ1n) is 5.80. The van der Waals surface area contributed by atoms with Crippen molar-refractivity contribution in [3.8, 4) is 0 Å². The molecule has 2 aromatic carbocycles. The van der Waals surface area contributed by atoms with E-state index >= 15 is 0 Å². The van der Waals surface area contributed by atoms with Gasteiger partial charge < -0.3 is 0 Å². The highest BCUT2D eigenvalue weighted by Crippen LogP contribution is 2.36. The summed E-state index contributed by atoms with van der Waals surface area (Å²) in [7, 11) is 0. The smallest absolute Gasteiger partial charge is 0.129 e. The molecule has 3 heteroatoms. The maximum Gasteiger partial charge on any atom is 0.129 e. The summed E-state index contributed by atoms with van der Waals surface area (Å²) in [5.41, 5.74) is 2.75. The third-order valence-corrected chi connectivity index (χ3v) is 4.25. The lowest BCUT2D eigenvalue weighted by Gasteiger charge is -2.14. The van der Waals surface area contributed by atoms with E-state index in [-0.39, 0.29) is 10.6 Å². The molecule has 1 atom stereocenters. The number of halogens is 3. The zero-order valence-electron chi connectivity index (χ0n) is 9.96. The lowest BCUT2D eigenvalue weighted by atomic mass is 10.0. The van der Waals surface area contributed by atoms with Crippen LogP contribution in [0, 0.1) is 5.82 Å². The van der Waals surface area contributed by atoms with E-state index in [0.717, 1.165) is 12.0 Å². The molecule has 2 rings (SSSR count). The van der Waals surface area contributed by atoms with Crippen LogP contribution in [-0.2, 0) is 6.42 Å². The van der Waals surface area contributed by atoms with Gasteiger partial charge >= 0.3 is 0 Å². The average Bonchev–Trinajstić information content (AvgIpc) is 2.38. The van der Waals surface area contributed by atoms with Crippen LogP contribution in [0.4, 0.5) is 4.39 Å². The molecule has 0 nitrogen and oxygen atoms in total. The van der Waals surface area contributed by atoms with E-state index in [1.54, 1.807) is 12.1 Å². The van der Waals surface area contributed by atoms with Crippen LogP contribution in [-0.4, -0.2) is 0 Å². The highest BCUT2D eigenvalue weighted by Gasteiger charge is 2.17. The molecule has 0 bridgehead atoms. The van der Waals surface area contributed by atoms with Crippen LogP contribution >= 0.6 is 27.5 Å². The van der Waals surface area contributed by atoms with Gasteiger partial charge in [0.05, 0.1) is 4.83 Å². The van der Waals surface area contributed by atoms with Crippen molar-refractivity contribution in [3.05, 3.63) is 70.0 Å². The van der Waals surface area contributed by atoms with Gasteiger partial charge in [-0.3, -0.25) is 0 Å². The average molecular weight is 328 g/mol. The number of benzene rings is 2. The second-order valence-electron chi connectivity index (χ2n) is 4.09. The van der Waals surface area contributed by atoms with E-state index in [4.69, 9.17) is 11.6 Å². The Labute approximate surface area is 120 Å². The van der Waals surface area contributed by atoms with Crippen molar-refractivity contribution in [1.29, 1.82) is 0 Å². The van der Waals surface area contributed by atoms with Crippen LogP contribution in [0.25, 0.3) is 0 Å². The fourth-order valence-corrected chi connectivity index (χ4v) is 3.02. The summed E-state index contributed by atoms with van der Waals surface area (Å²) >= 11 is 9.58. The third-order valence-electron chi connectivity index (χ3n) is 2.93. The van der Waals surface area contributed by atoms with Crippen LogP contribution < -0.4 is 0 Å². The summed E-state index contributed by atoms with van der Waals surface area (Å²) in [6, 6.07) is 12.9. The highest BCUT2D eigenvalue weighted by atomic mass is 79.9. The molecule has 0 amide bonds. The molecule has 0 aliphatic rings. The Morgan fingerprint density at radius 3 is 2.39 bits per heavy atom. The molecule has 0 spiro atoms. The minimum Gasteiger partial charge on any atom is -0.207 e. The number of rotatable bonds is 3. The van der Waals surface area contributed by atoms with E-state index in [0.29, 0.717) is 10.6 Å². The zero-order valence-corrected chi connectivity index (χ0v) is 12.3. The SMILES string of the molecule is CCc1ccc(C(Br)c2c(F)cccc2Cl)cc1. The summed E-state index contributed by atoms with van der Waals surface area (Å²) in [5.74, 6) is -0.288. The molecule has 0 N–H and O–H groups in total. The lowest BCUT2D eigenvalue weighted by molar-refractivity contribution is 0.613. The number of alkyl halides is 1. The minimum absolute atomic E-state index is 0.225. The van der Waals surface area contributed by atoms with Crippen molar-refractivity contribution in [2.45, 2.75) is 18.2 Å². The second kappa shape index (κ2) is 5.85. The third kappa shape index (κ3) is 2.76. The van der Waals surface area contributed by atoms with Crippen LogP contribution in [0.2, 0.25) is 5.02 Å². The van der Waals surface area contributed by atoms with Crippen LogP contribution in [0.15, 0.2) is 42.5 Å². The Hall–Kier alpha value is -0.860. The Balaban J connectivity index is 2.38. The van der Waals surface area contributed by atoms with Crippen LogP contribution in [0.5, 0.6) is 0 Å². The molecule has 0 radical (unpaired) electrons. The molecule has 18 heavy (non-hydrogen) atoms. The van der Waals surface area contributed by atoms with Crippen LogP contribution in [0.3, 0.4) is 0 Å². The summed E-state index contributed by atoms with van der Waals surface area (Å²) in [6.07, 6.45) is 0.994. The van der Waals surface area contributed by atoms with E-state index in [1.807, 2.05) is 12.1 Å². The van der Waals surface area contributed by atoms with Crippen molar-refractivity contribution < 1.29 is 4.39 Å². The molecule has 0 aromatic heterocycles. The largest absolute Gasteiger partial charge is 0.207 e. The van der Waals surface area contributed by atoms with Crippen molar-refractivity contribution >= 4 is 27.5 Å². The first kappa shape index (κ1) is 13.6. The second-order valence-corrected chi connectivity index (χ2v) is 5.42. The standard InChI is InChI=1S/C15H13BrClF/c1-2-10-6-8-11(9-7-10)15(16)14-12(17)4-3-5-13(14)18/h3-9,15H,2H2,1H3. The Kier molecular flexibility index (Phi) is 4.41. The molecular weight excluding hydrogens is 315 g/mol. The first-order chi connectivity index (χ1) is 8.63. The van der Waals surface area contributed by atoms with Gasteiger partial charge in [-0.05, 0) is 29.7 Å². The maximum atomic E-state index is 13.8. The van der Waals surface area contributed by atoms with Crippen LogP contribution in [0.1, 0.15) is 28.4 Å². The Morgan fingerprint density at radius 2 is 1.83 bits per heavy atom. The van der Waals surface area contributed by atoms with E-state index in [2.05, 4.69) is 35.0 Å². The molecule has 1 unspecified atom stereocenters. The Morgan fingerprint density at radius 1 is 1.17 bits per heavy atom. The van der Waals surface area contributed by atoms with Crippen molar-refractivity contribution in [2.75, 3.05) is 0 Å². The molecule has 0 fully saturated rings. The summed E-state index contributed by atoms with van der Waals surface area (Å²) < 4.78 is 13.8. The molecule has 0 aliphatic heterocycles. The Bertz CT molecular complexity index is 516. The monoisotopic (exact) mass is 326 g/mol. The summed E-state index contributed by atoms with van der Waals surface area (Å²) in [6.45, 7) is 2.11. The van der Waals surface area contributed by atoms with E-state index < -0.39 is 0 Å². The predicted octanol–water partition coefficient (Wildman–Crippen LogP) is 5.53. The number of hydrogen-bond acceptors (Lipinski definition) is 0. The van der Waals surface area contributed by atoms with E-state index in [1.165, 1.54) is 11.6 Å². The predicted molar refractivity (Wildman–Crippen MR) is 78.0 cm³/mol. The number of aryl methyl sites for hydroxylation is 1. The van der Waals surface area contributed by atoms with Gasteiger partial charge in [0.15, 0.2) is 0 Å². The first-order valence-corrected chi connectivity index (χ1v) is 7.09. The topological polar surface area (TPSA) is 0 Å². The molecule has 0 saturated heterocycles. The maximum absolute atomic E-state index is 13.8. The van der Waals surface area contributed by atoms with Gasteiger partial charge in [0.1, 0.15) is 5.82 Å².